The number of aryl methyl sites for hydroxylation is 1. The van der Waals surface area contributed by atoms with Crippen LogP contribution in [0, 0.1) is 0 Å². The van der Waals surface area contributed by atoms with Crippen LogP contribution < -0.4 is 11.1 Å². The maximum absolute atomic E-state index is 11.7. The predicted octanol–water partition coefficient (Wildman–Crippen LogP) is 3.50. The summed E-state index contributed by atoms with van der Waals surface area (Å²) in [6, 6.07) is 2.06. The molecule has 0 unspecified atom stereocenters. The van der Waals surface area contributed by atoms with Crippen LogP contribution in [0.3, 0.4) is 0 Å². The van der Waals surface area contributed by atoms with E-state index in [4.69, 9.17) is 5.73 Å². The van der Waals surface area contributed by atoms with Crippen molar-refractivity contribution in [2.45, 2.75) is 45.1 Å². The molecule has 0 spiro atoms. The zero-order valence-electron chi connectivity index (χ0n) is 11.4. The summed E-state index contributed by atoms with van der Waals surface area (Å²) in [7, 11) is 0. The van der Waals surface area contributed by atoms with Crippen molar-refractivity contribution in [3.63, 3.8) is 0 Å². The molecule has 0 aromatic carbocycles. The fourth-order valence-corrected chi connectivity index (χ4v) is 3.04. The van der Waals surface area contributed by atoms with E-state index in [0.717, 1.165) is 23.7 Å². The molecule has 0 aliphatic rings. The number of nitrogens with two attached hydrogens (primary N) is 1. The van der Waals surface area contributed by atoms with Gasteiger partial charge in [-0.1, -0.05) is 13.8 Å². The van der Waals surface area contributed by atoms with Crippen LogP contribution in [0.1, 0.15) is 38.0 Å². The van der Waals surface area contributed by atoms with E-state index in [9.17, 15) is 4.79 Å². The first-order valence-electron chi connectivity index (χ1n) is 6.27. The lowest BCUT2D eigenvalue weighted by Crippen LogP contribution is -2.49. The van der Waals surface area contributed by atoms with Gasteiger partial charge in [-0.05, 0) is 41.3 Å². The molecular weight excluding hydrogens is 348 g/mol. The Bertz CT molecular complexity index is 394. The minimum absolute atomic E-state index is 0. The number of thiophene rings is 1. The summed E-state index contributed by atoms with van der Waals surface area (Å²) in [5.41, 5.74) is 5.87. The average Bonchev–Trinajstić information content (AvgIpc) is 2.79. The molecule has 0 atom stereocenters. The highest BCUT2D eigenvalue weighted by Gasteiger charge is 2.20. The monoisotopic (exact) mass is 368 g/mol. The predicted molar refractivity (Wildman–Crippen MR) is 88.1 cm³/mol. The van der Waals surface area contributed by atoms with Gasteiger partial charge in [0.2, 0.25) is 5.91 Å². The van der Waals surface area contributed by atoms with E-state index in [1.807, 2.05) is 5.38 Å². The van der Waals surface area contributed by atoms with E-state index in [-0.39, 0.29) is 23.9 Å². The Labute approximate surface area is 133 Å². The van der Waals surface area contributed by atoms with Gasteiger partial charge < -0.3 is 11.1 Å². The molecule has 0 aliphatic carbocycles. The van der Waals surface area contributed by atoms with Crippen LogP contribution in [0.5, 0.6) is 0 Å². The molecule has 3 N–H and O–H groups in total. The Morgan fingerprint density at radius 3 is 2.58 bits per heavy atom. The van der Waals surface area contributed by atoms with Gasteiger partial charge in [0, 0.05) is 33.2 Å². The van der Waals surface area contributed by atoms with Crippen LogP contribution in [0.2, 0.25) is 0 Å². The molecule has 0 fully saturated rings. The molecule has 19 heavy (non-hydrogen) atoms. The van der Waals surface area contributed by atoms with Crippen LogP contribution in [0.4, 0.5) is 0 Å². The Morgan fingerprint density at radius 2 is 2.11 bits per heavy atom. The zero-order valence-corrected chi connectivity index (χ0v) is 14.6. The van der Waals surface area contributed by atoms with Gasteiger partial charge in [-0.25, -0.2) is 0 Å². The van der Waals surface area contributed by atoms with Gasteiger partial charge in [0.25, 0.3) is 0 Å². The number of nitrogens with one attached hydrogen (secondary N) is 1. The third kappa shape index (κ3) is 6.75. The SMILES string of the molecule is CCC(N)(CC)CNC(=O)CCc1cc(Br)cs1.Cl. The third-order valence-corrected chi connectivity index (χ3v) is 5.02. The van der Waals surface area contributed by atoms with Crippen LogP contribution >= 0.6 is 39.7 Å². The van der Waals surface area contributed by atoms with Gasteiger partial charge in [0.15, 0.2) is 0 Å². The summed E-state index contributed by atoms with van der Waals surface area (Å²) in [6.45, 7) is 4.67. The van der Waals surface area contributed by atoms with Gasteiger partial charge in [-0.2, -0.15) is 0 Å². The molecule has 1 amide bonds. The molecule has 1 rings (SSSR count). The van der Waals surface area contributed by atoms with E-state index < -0.39 is 0 Å². The van der Waals surface area contributed by atoms with Crippen molar-refractivity contribution in [1.29, 1.82) is 0 Å². The minimum atomic E-state index is -0.262. The first-order valence-corrected chi connectivity index (χ1v) is 7.95. The molecule has 0 radical (unpaired) electrons. The van der Waals surface area contributed by atoms with Crippen molar-refractivity contribution in [3.05, 3.63) is 20.8 Å². The van der Waals surface area contributed by atoms with Crippen LogP contribution in [-0.2, 0) is 11.2 Å². The van der Waals surface area contributed by atoms with Gasteiger partial charge in [0.05, 0.1) is 0 Å². The second-order valence-corrected chi connectivity index (χ2v) is 6.49. The van der Waals surface area contributed by atoms with Gasteiger partial charge in [-0.15, -0.1) is 23.7 Å². The lowest BCUT2D eigenvalue weighted by atomic mass is 9.94. The molecule has 1 heterocycles. The summed E-state index contributed by atoms with van der Waals surface area (Å²) in [4.78, 5) is 13.0. The summed E-state index contributed by atoms with van der Waals surface area (Å²) >= 11 is 5.08. The summed E-state index contributed by atoms with van der Waals surface area (Å²) in [5, 5.41) is 4.97. The molecule has 1 aromatic rings. The maximum atomic E-state index is 11.7. The highest BCUT2D eigenvalue weighted by Crippen LogP contribution is 2.20. The van der Waals surface area contributed by atoms with Crippen molar-refractivity contribution < 1.29 is 4.79 Å². The Morgan fingerprint density at radius 1 is 1.47 bits per heavy atom. The standard InChI is InChI=1S/C13H21BrN2OS.ClH/c1-3-13(15,4-2)9-16-12(17)6-5-11-7-10(14)8-18-11;/h7-8H,3-6,9,15H2,1-2H3,(H,16,17);1H. The number of hydrogen-bond donors (Lipinski definition) is 2. The van der Waals surface area contributed by atoms with Crippen LogP contribution in [0.25, 0.3) is 0 Å². The van der Waals surface area contributed by atoms with Crippen molar-refractivity contribution in [2.75, 3.05) is 6.54 Å². The topological polar surface area (TPSA) is 55.1 Å². The minimum Gasteiger partial charge on any atom is -0.354 e. The zero-order chi connectivity index (χ0) is 13.6. The molecule has 6 heteroatoms. The lowest BCUT2D eigenvalue weighted by molar-refractivity contribution is -0.121. The number of halogens is 2. The van der Waals surface area contributed by atoms with Gasteiger partial charge >= 0.3 is 0 Å². The Balaban J connectivity index is 0.00000324. The second kappa shape index (κ2) is 8.95. The fourth-order valence-electron chi connectivity index (χ4n) is 1.58. The van der Waals surface area contributed by atoms with E-state index in [1.54, 1.807) is 11.3 Å². The van der Waals surface area contributed by atoms with Crippen molar-refractivity contribution >= 4 is 45.6 Å². The van der Waals surface area contributed by atoms with E-state index in [0.29, 0.717) is 13.0 Å². The average molecular weight is 370 g/mol. The molecule has 0 saturated heterocycles. The normalized spacial score (nSPS) is 10.9. The number of rotatable bonds is 7. The molecule has 3 nitrogen and oxygen atoms in total. The first-order chi connectivity index (χ1) is 8.49. The van der Waals surface area contributed by atoms with Gasteiger partial charge in [-0.3, -0.25) is 4.79 Å². The molecule has 0 saturated carbocycles. The van der Waals surface area contributed by atoms with Crippen molar-refractivity contribution in [3.8, 4) is 0 Å². The maximum Gasteiger partial charge on any atom is 0.220 e. The Kier molecular flexibility index (Phi) is 8.90. The van der Waals surface area contributed by atoms with Crippen LogP contribution in [-0.4, -0.2) is 18.0 Å². The first kappa shape index (κ1) is 18.9. The molecule has 0 bridgehead atoms. The van der Waals surface area contributed by atoms with Gasteiger partial charge in [0.1, 0.15) is 0 Å². The highest BCUT2D eigenvalue weighted by molar-refractivity contribution is 9.10. The quantitative estimate of drug-likeness (QED) is 0.773. The fraction of sp³-hybridized carbons (Fsp3) is 0.615. The largest absolute Gasteiger partial charge is 0.354 e. The number of carbonyl (C=O) groups is 1. The van der Waals surface area contributed by atoms with E-state index >= 15 is 0 Å². The number of carbonyl (C=O) groups excluding carboxylic acids is 1. The second-order valence-electron chi connectivity index (χ2n) is 4.58. The summed E-state index contributed by atoms with van der Waals surface area (Å²) in [6.07, 6.45) is 3.07. The molecule has 1 aromatic heterocycles. The van der Waals surface area contributed by atoms with E-state index in [1.165, 1.54) is 4.88 Å². The smallest absolute Gasteiger partial charge is 0.220 e. The lowest BCUT2D eigenvalue weighted by Gasteiger charge is -2.26. The molecule has 0 aliphatic heterocycles. The molecular formula is C13H22BrClN2OS. The van der Waals surface area contributed by atoms with Crippen LogP contribution in [0.15, 0.2) is 15.9 Å². The summed E-state index contributed by atoms with van der Waals surface area (Å²) < 4.78 is 1.08. The van der Waals surface area contributed by atoms with E-state index in [2.05, 4.69) is 41.2 Å². The number of amides is 1. The highest BCUT2D eigenvalue weighted by atomic mass is 79.9. The number of hydrogen-bond acceptors (Lipinski definition) is 3. The molecule has 110 valence electrons. The van der Waals surface area contributed by atoms with Crippen molar-refractivity contribution in [2.24, 2.45) is 5.73 Å². The summed E-state index contributed by atoms with van der Waals surface area (Å²) in [5.74, 6) is 0.0799. The van der Waals surface area contributed by atoms with Crippen molar-refractivity contribution in [1.82, 2.24) is 5.32 Å². The Hall–Kier alpha value is -0.100. The third-order valence-electron chi connectivity index (χ3n) is 3.27.